The molecule has 0 aliphatic carbocycles. The van der Waals surface area contributed by atoms with Crippen molar-refractivity contribution in [3.63, 3.8) is 0 Å². The number of ether oxygens (including phenoxy) is 2. The summed E-state index contributed by atoms with van der Waals surface area (Å²) in [6.45, 7) is 8.43. The predicted octanol–water partition coefficient (Wildman–Crippen LogP) is 2.81. The van der Waals surface area contributed by atoms with Gasteiger partial charge < -0.3 is 19.9 Å². The van der Waals surface area contributed by atoms with E-state index in [-0.39, 0.29) is 13.0 Å². The zero-order chi connectivity index (χ0) is 25.2. The molecule has 184 valence electrons. The second-order valence-corrected chi connectivity index (χ2v) is 10.0. The van der Waals surface area contributed by atoms with Gasteiger partial charge in [-0.15, -0.1) is 11.8 Å². The highest BCUT2D eigenvalue weighted by molar-refractivity contribution is 8.00. The van der Waals surface area contributed by atoms with Crippen LogP contribution in [-0.2, 0) is 19.7 Å². The summed E-state index contributed by atoms with van der Waals surface area (Å²) in [6, 6.07) is 3.66. The monoisotopic (exact) mass is 493 g/mol. The second-order valence-electron chi connectivity index (χ2n) is 8.82. The van der Waals surface area contributed by atoms with Crippen LogP contribution in [0, 0.1) is 19.7 Å². The first kappa shape index (κ1) is 25.9. The van der Waals surface area contributed by atoms with Crippen LogP contribution in [0.15, 0.2) is 23.1 Å². The van der Waals surface area contributed by atoms with Crippen molar-refractivity contribution < 1.29 is 28.6 Å². The van der Waals surface area contributed by atoms with E-state index in [1.54, 1.807) is 6.07 Å². The number of nitrogens with one attached hydrogen (secondary N) is 1. The fourth-order valence-electron chi connectivity index (χ4n) is 4.12. The van der Waals surface area contributed by atoms with Gasteiger partial charge in [-0.3, -0.25) is 14.2 Å². The summed E-state index contributed by atoms with van der Waals surface area (Å²) >= 11 is 1.30. The first-order valence-corrected chi connectivity index (χ1v) is 11.7. The smallest absolute Gasteiger partial charge is 0.351 e. The summed E-state index contributed by atoms with van der Waals surface area (Å²) in [5.74, 6) is -1.69. The van der Waals surface area contributed by atoms with Gasteiger partial charge in [0.2, 0.25) is 5.91 Å². The van der Waals surface area contributed by atoms with Crippen LogP contribution in [-0.4, -0.2) is 44.3 Å². The Morgan fingerprint density at radius 2 is 2.09 bits per heavy atom. The van der Waals surface area contributed by atoms with Crippen LogP contribution in [0.2, 0.25) is 0 Å². The molecule has 1 aliphatic heterocycles. The molecule has 0 spiro atoms. The molecule has 2 atom stereocenters. The SMILES string of the molecule is CC(=O)Oc1cc(C)cc(C)c1C(C)(C)CC(=O)Nc1nc(=O)n([C@@H]2CS[C@H](CO)O2)cc1F. The molecular formula is C23H28FN3O6S. The van der Waals surface area contributed by atoms with Crippen molar-refractivity contribution in [2.75, 3.05) is 17.7 Å². The molecule has 1 aliphatic rings. The standard InChI is InChI=1S/C23H28FN3O6S/c1-12-6-13(2)20(16(7-12)32-14(3)29)23(4,5)8-17(30)25-21-15(24)9-27(22(31)26-21)18-11-34-19(10-28)33-18/h6-7,9,18-19,28H,8,10-11H2,1-5H3,(H,25,26,30,31)/t18-,19+/m0/s1. The Balaban J connectivity index is 1.80. The number of thioether (sulfide) groups is 1. The van der Waals surface area contributed by atoms with E-state index in [0.717, 1.165) is 21.9 Å². The fraction of sp³-hybridized carbons (Fsp3) is 0.478. The van der Waals surface area contributed by atoms with Crippen LogP contribution in [0.3, 0.4) is 0 Å². The predicted molar refractivity (Wildman–Crippen MR) is 125 cm³/mol. The van der Waals surface area contributed by atoms with E-state index < -0.39 is 46.3 Å². The number of aromatic nitrogens is 2. The minimum absolute atomic E-state index is 0.0874. The van der Waals surface area contributed by atoms with E-state index in [2.05, 4.69) is 10.3 Å². The average Bonchev–Trinajstić information content (AvgIpc) is 3.17. The Labute approximate surface area is 200 Å². The van der Waals surface area contributed by atoms with E-state index in [4.69, 9.17) is 14.6 Å². The minimum Gasteiger partial charge on any atom is -0.426 e. The molecule has 11 heteroatoms. The first-order chi connectivity index (χ1) is 15.9. The molecule has 0 bridgehead atoms. The third kappa shape index (κ3) is 5.83. The van der Waals surface area contributed by atoms with Crippen LogP contribution in [0.25, 0.3) is 0 Å². The zero-order valence-electron chi connectivity index (χ0n) is 19.7. The van der Waals surface area contributed by atoms with Crippen molar-refractivity contribution in [1.82, 2.24) is 9.55 Å². The first-order valence-electron chi connectivity index (χ1n) is 10.7. The van der Waals surface area contributed by atoms with Crippen molar-refractivity contribution in [1.29, 1.82) is 0 Å². The number of halogens is 1. The number of hydrogen-bond acceptors (Lipinski definition) is 8. The van der Waals surface area contributed by atoms with E-state index >= 15 is 0 Å². The van der Waals surface area contributed by atoms with Gasteiger partial charge in [0.15, 0.2) is 11.6 Å². The quantitative estimate of drug-likeness (QED) is 0.446. The van der Waals surface area contributed by atoms with Crippen molar-refractivity contribution >= 4 is 29.5 Å². The molecule has 9 nitrogen and oxygen atoms in total. The molecule has 1 fully saturated rings. The number of aliphatic hydroxyl groups is 1. The molecule has 1 amide bonds. The van der Waals surface area contributed by atoms with Gasteiger partial charge in [0, 0.05) is 30.1 Å². The lowest BCUT2D eigenvalue weighted by atomic mass is 9.78. The molecule has 34 heavy (non-hydrogen) atoms. The van der Waals surface area contributed by atoms with Gasteiger partial charge in [-0.2, -0.15) is 4.98 Å². The van der Waals surface area contributed by atoms with Crippen LogP contribution in [0.5, 0.6) is 5.75 Å². The number of amides is 1. The summed E-state index contributed by atoms with van der Waals surface area (Å²) in [7, 11) is 0. The van der Waals surface area contributed by atoms with E-state index in [9.17, 15) is 18.8 Å². The Morgan fingerprint density at radius 3 is 2.71 bits per heavy atom. The third-order valence-corrected chi connectivity index (χ3v) is 6.44. The molecule has 3 rings (SSSR count). The highest BCUT2D eigenvalue weighted by atomic mass is 32.2. The number of aryl methyl sites for hydroxylation is 2. The highest BCUT2D eigenvalue weighted by Crippen LogP contribution is 2.38. The number of aliphatic hydroxyl groups excluding tert-OH is 1. The molecule has 1 saturated heterocycles. The zero-order valence-corrected chi connectivity index (χ0v) is 20.5. The van der Waals surface area contributed by atoms with Crippen LogP contribution in [0.4, 0.5) is 10.2 Å². The second kappa shape index (κ2) is 10.2. The van der Waals surface area contributed by atoms with Gasteiger partial charge in [-0.05, 0) is 31.0 Å². The fourth-order valence-corrected chi connectivity index (χ4v) is 5.05. The summed E-state index contributed by atoms with van der Waals surface area (Å²) in [5, 5.41) is 11.5. The highest BCUT2D eigenvalue weighted by Gasteiger charge is 2.32. The number of carbonyl (C=O) groups is 2. The lowest BCUT2D eigenvalue weighted by molar-refractivity contribution is -0.131. The van der Waals surface area contributed by atoms with Crippen molar-refractivity contribution in [2.24, 2.45) is 0 Å². The van der Waals surface area contributed by atoms with Crippen LogP contribution < -0.4 is 15.7 Å². The van der Waals surface area contributed by atoms with Gasteiger partial charge in [0.1, 0.15) is 17.4 Å². The van der Waals surface area contributed by atoms with Gasteiger partial charge in [-0.1, -0.05) is 19.9 Å². The summed E-state index contributed by atoms with van der Waals surface area (Å²) in [4.78, 5) is 40.5. The maximum Gasteiger partial charge on any atom is 0.351 e. The summed E-state index contributed by atoms with van der Waals surface area (Å²) in [5.41, 5.74) is 0.361. The number of nitrogens with zero attached hydrogens (tertiary/aromatic N) is 2. The van der Waals surface area contributed by atoms with Crippen LogP contribution >= 0.6 is 11.8 Å². The molecule has 2 aromatic rings. The van der Waals surface area contributed by atoms with Crippen molar-refractivity contribution in [3.8, 4) is 5.75 Å². The van der Waals surface area contributed by atoms with E-state index in [0.29, 0.717) is 17.1 Å². The normalized spacial score (nSPS) is 18.1. The number of hydrogen-bond donors (Lipinski definition) is 2. The Morgan fingerprint density at radius 1 is 1.38 bits per heavy atom. The van der Waals surface area contributed by atoms with E-state index in [1.807, 2.05) is 33.8 Å². The number of carbonyl (C=O) groups excluding carboxylic acids is 2. The molecule has 2 N–H and O–H groups in total. The number of rotatable bonds is 7. The van der Waals surface area contributed by atoms with Gasteiger partial charge in [-0.25, -0.2) is 9.18 Å². The summed E-state index contributed by atoms with van der Waals surface area (Å²) < 4.78 is 26.5. The third-order valence-electron chi connectivity index (χ3n) is 5.33. The topological polar surface area (TPSA) is 120 Å². The van der Waals surface area contributed by atoms with Crippen molar-refractivity contribution in [2.45, 2.75) is 58.1 Å². The maximum atomic E-state index is 14.7. The van der Waals surface area contributed by atoms with Gasteiger partial charge >= 0.3 is 11.7 Å². The van der Waals surface area contributed by atoms with Gasteiger partial charge in [0.25, 0.3) is 0 Å². The van der Waals surface area contributed by atoms with E-state index in [1.165, 1.54) is 18.7 Å². The molecular weight excluding hydrogens is 465 g/mol. The molecule has 1 aromatic heterocycles. The maximum absolute atomic E-state index is 14.7. The molecule has 0 unspecified atom stereocenters. The Kier molecular flexibility index (Phi) is 7.79. The molecule has 0 radical (unpaired) electrons. The van der Waals surface area contributed by atoms with Crippen molar-refractivity contribution in [3.05, 3.63) is 51.3 Å². The number of anilines is 1. The Bertz CT molecular complexity index is 1170. The average molecular weight is 494 g/mol. The summed E-state index contributed by atoms with van der Waals surface area (Å²) in [6.07, 6.45) is 0.0875. The largest absolute Gasteiger partial charge is 0.426 e. The van der Waals surface area contributed by atoms with Gasteiger partial charge in [0.05, 0.1) is 12.8 Å². The number of benzene rings is 1. The lowest BCUT2D eigenvalue weighted by Gasteiger charge is -2.29. The molecule has 2 heterocycles. The minimum atomic E-state index is -0.890. The molecule has 1 aromatic carbocycles. The lowest BCUT2D eigenvalue weighted by Crippen LogP contribution is -2.32. The Hall–Kier alpha value is -2.76. The van der Waals surface area contributed by atoms with Crippen LogP contribution in [0.1, 0.15) is 50.1 Å². The number of esters is 1. The molecule has 0 saturated carbocycles.